The van der Waals surface area contributed by atoms with Crippen LogP contribution in [0.25, 0.3) is 11.5 Å². The summed E-state index contributed by atoms with van der Waals surface area (Å²) in [6.07, 6.45) is 0. The van der Waals surface area contributed by atoms with Crippen LogP contribution in [-0.4, -0.2) is 27.4 Å². The molecule has 3 aromatic rings. The second-order valence-corrected chi connectivity index (χ2v) is 6.52. The second-order valence-electron chi connectivity index (χ2n) is 4.12. The molecule has 0 saturated heterocycles. The van der Waals surface area contributed by atoms with Gasteiger partial charge < -0.3 is 9.26 Å². The third kappa shape index (κ3) is 3.40. The molecule has 0 saturated carbocycles. The van der Waals surface area contributed by atoms with Crippen molar-refractivity contribution in [2.24, 2.45) is 0 Å². The zero-order chi connectivity index (χ0) is 14.7. The second kappa shape index (κ2) is 6.23. The molecule has 108 valence electrons. The van der Waals surface area contributed by atoms with Crippen molar-refractivity contribution in [3.8, 4) is 17.2 Å². The number of rotatable bonds is 5. The van der Waals surface area contributed by atoms with E-state index in [0.717, 1.165) is 20.7 Å². The lowest BCUT2D eigenvalue weighted by atomic mass is 10.2. The number of ether oxygens (including phenoxy) is 1. The number of aryl methyl sites for hydroxylation is 1. The molecule has 0 atom stereocenters. The zero-order valence-corrected chi connectivity index (χ0v) is 13.1. The fourth-order valence-electron chi connectivity index (χ4n) is 1.63. The fraction of sp³-hybridized carbons (Fsp3) is 0.231. The highest BCUT2D eigenvalue weighted by Crippen LogP contribution is 2.26. The molecule has 0 radical (unpaired) electrons. The quantitative estimate of drug-likeness (QED) is 0.668. The Bertz CT molecular complexity index is 724. The predicted octanol–water partition coefficient (Wildman–Crippen LogP) is 3.20. The molecule has 0 spiro atoms. The summed E-state index contributed by atoms with van der Waals surface area (Å²) in [5.41, 5.74) is 0.867. The van der Waals surface area contributed by atoms with Crippen molar-refractivity contribution in [2.75, 3.05) is 7.11 Å². The van der Waals surface area contributed by atoms with Crippen LogP contribution < -0.4 is 4.74 Å². The van der Waals surface area contributed by atoms with Crippen molar-refractivity contribution in [2.45, 2.75) is 17.0 Å². The lowest BCUT2D eigenvalue weighted by molar-refractivity contribution is 0.414. The van der Waals surface area contributed by atoms with E-state index in [2.05, 4.69) is 20.3 Å². The molecule has 8 heteroatoms. The van der Waals surface area contributed by atoms with Crippen molar-refractivity contribution < 1.29 is 9.26 Å². The zero-order valence-electron chi connectivity index (χ0n) is 11.4. The molecule has 2 heterocycles. The maximum atomic E-state index is 5.27. The van der Waals surface area contributed by atoms with Crippen molar-refractivity contribution in [3.63, 3.8) is 0 Å². The molecule has 0 N–H and O–H groups in total. The van der Waals surface area contributed by atoms with E-state index in [9.17, 15) is 0 Å². The van der Waals surface area contributed by atoms with Crippen LogP contribution in [0, 0.1) is 6.92 Å². The first-order chi connectivity index (χ1) is 10.2. The number of nitrogens with zero attached hydrogens (tertiary/aromatic N) is 4. The van der Waals surface area contributed by atoms with Gasteiger partial charge in [0.2, 0.25) is 0 Å². The fourth-order valence-corrected chi connectivity index (χ4v) is 3.29. The summed E-state index contributed by atoms with van der Waals surface area (Å²) in [6, 6.07) is 7.49. The van der Waals surface area contributed by atoms with Gasteiger partial charge in [0.1, 0.15) is 10.8 Å². The van der Waals surface area contributed by atoms with Gasteiger partial charge in [-0.2, -0.15) is 4.98 Å². The third-order valence-corrected chi connectivity index (χ3v) is 4.61. The molecule has 3 rings (SSSR count). The minimum Gasteiger partial charge on any atom is -0.497 e. The summed E-state index contributed by atoms with van der Waals surface area (Å²) in [4.78, 5) is 4.37. The van der Waals surface area contributed by atoms with Gasteiger partial charge in [-0.3, -0.25) is 0 Å². The highest BCUT2D eigenvalue weighted by Gasteiger charge is 2.10. The Morgan fingerprint density at radius 2 is 2.05 bits per heavy atom. The molecule has 21 heavy (non-hydrogen) atoms. The summed E-state index contributed by atoms with van der Waals surface area (Å²) in [5, 5.41) is 12.9. The average molecular weight is 320 g/mol. The summed E-state index contributed by atoms with van der Waals surface area (Å²) in [7, 11) is 1.63. The normalized spacial score (nSPS) is 10.8. The van der Waals surface area contributed by atoms with Crippen LogP contribution in [0.2, 0.25) is 0 Å². The first-order valence-corrected chi connectivity index (χ1v) is 7.95. The Morgan fingerprint density at radius 3 is 2.71 bits per heavy atom. The van der Waals surface area contributed by atoms with Gasteiger partial charge in [0.15, 0.2) is 10.2 Å². The minimum absolute atomic E-state index is 0.502. The number of hydrogen-bond acceptors (Lipinski definition) is 8. The van der Waals surface area contributed by atoms with E-state index in [4.69, 9.17) is 9.26 Å². The van der Waals surface area contributed by atoms with Gasteiger partial charge in [0.25, 0.3) is 5.89 Å². The van der Waals surface area contributed by atoms with Crippen LogP contribution in [0.15, 0.2) is 33.1 Å². The van der Waals surface area contributed by atoms with E-state index in [-0.39, 0.29) is 0 Å². The van der Waals surface area contributed by atoms with Gasteiger partial charge in [0, 0.05) is 5.56 Å². The van der Waals surface area contributed by atoms with Crippen LogP contribution in [-0.2, 0) is 5.75 Å². The Morgan fingerprint density at radius 1 is 1.24 bits per heavy atom. The van der Waals surface area contributed by atoms with Crippen LogP contribution >= 0.6 is 23.1 Å². The standard InChI is InChI=1S/C13H12N4O2S2/c1-8-15-16-13(21-8)20-7-11-14-12(19-17-11)9-3-5-10(18-2)6-4-9/h3-6H,7H2,1-2H3. The Balaban J connectivity index is 1.67. The third-order valence-electron chi connectivity index (χ3n) is 2.64. The predicted molar refractivity (Wildman–Crippen MR) is 80.5 cm³/mol. The molecule has 0 aliphatic carbocycles. The summed E-state index contributed by atoms with van der Waals surface area (Å²) in [6.45, 7) is 1.93. The Labute approximate surface area is 129 Å². The van der Waals surface area contributed by atoms with Crippen LogP contribution in [0.1, 0.15) is 10.8 Å². The number of aromatic nitrogens is 4. The van der Waals surface area contributed by atoms with E-state index < -0.39 is 0 Å². The molecule has 2 aromatic heterocycles. The summed E-state index contributed by atoms with van der Waals surface area (Å²) in [5.74, 6) is 2.54. The van der Waals surface area contributed by atoms with Gasteiger partial charge in [-0.25, -0.2) is 0 Å². The summed E-state index contributed by atoms with van der Waals surface area (Å²) < 4.78 is 11.3. The van der Waals surface area contributed by atoms with Gasteiger partial charge in [-0.05, 0) is 31.2 Å². The number of benzene rings is 1. The van der Waals surface area contributed by atoms with Crippen LogP contribution in [0.3, 0.4) is 0 Å². The molecule has 0 aliphatic rings. The van der Waals surface area contributed by atoms with Gasteiger partial charge in [0.05, 0.1) is 12.9 Å². The van der Waals surface area contributed by atoms with E-state index >= 15 is 0 Å². The SMILES string of the molecule is COc1ccc(-c2nc(CSc3nnc(C)s3)no2)cc1. The molecule has 1 aromatic carbocycles. The molecule has 6 nitrogen and oxygen atoms in total. The van der Waals surface area contributed by atoms with Crippen LogP contribution in [0.4, 0.5) is 0 Å². The van der Waals surface area contributed by atoms with Crippen molar-refractivity contribution in [1.29, 1.82) is 0 Å². The minimum atomic E-state index is 0.502. The van der Waals surface area contributed by atoms with Gasteiger partial charge >= 0.3 is 0 Å². The van der Waals surface area contributed by atoms with E-state index in [1.807, 2.05) is 31.2 Å². The highest BCUT2D eigenvalue weighted by atomic mass is 32.2. The molecular formula is C13H12N4O2S2. The van der Waals surface area contributed by atoms with Crippen molar-refractivity contribution in [1.82, 2.24) is 20.3 Å². The maximum absolute atomic E-state index is 5.27. The van der Waals surface area contributed by atoms with E-state index in [1.54, 1.807) is 30.2 Å². The first-order valence-electron chi connectivity index (χ1n) is 6.14. The largest absolute Gasteiger partial charge is 0.497 e. The maximum Gasteiger partial charge on any atom is 0.257 e. The molecule has 0 aliphatic heterocycles. The highest BCUT2D eigenvalue weighted by molar-refractivity contribution is 8.00. The molecule has 0 unspecified atom stereocenters. The van der Waals surface area contributed by atoms with E-state index in [0.29, 0.717) is 17.5 Å². The average Bonchev–Trinajstić information content (AvgIpc) is 3.14. The molecular weight excluding hydrogens is 308 g/mol. The summed E-state index contributed by atoms with van der Waals surface area (Å²) >= 11 is 3.10. The number of thioether (sulfide) groups is 1. The Hall–Kier alpha value is -1.93. The van der Waals surface area contributed by atoms with E-state index in [1.165, 1.54) is 0 Å². The molecule has 0 amide bonds. The number of methoxy groups -OCH3 is 1. The number of hydrogen-bond donors (Lipinski definition) is 0. The first kappa shape index (κ1) is 14.0. The van der Waals surface area contributed by atoms with Crippen molar-refractivity contribution in [3.05, 3.63) is 35.1 Å². The Kier molecular flexibility index (Phi) is 4.16. The molecule has 0 bridgehead atoms. The van der Waals surface area contributed by atoms with Gasteiger partial charge in [-0.15, -0.1) is 10.2 Å². The van der Waals surface area contributed by atoms with Crippen molar-refractivity contribution >= 4 is 23.1 Å². The monoisotopic (exact) mass is 320 g/mol. The smallest absolute Gasteiger partial charge is 0.257 e. The lowest BCUT2D eigenvalue weighted by Gasteiger charge is -1.98. The van der Waals surface area contributed by atoms with Gasteiger partial charge in [-0.1, -0.05) is 28.3 Å². The lowest BCUT2D eigenvalue weighted by Crippen LogP contribution is -1.85. The van der Waals surface area contributed by atoms with Crippen LogP contribution in [0.5, 0.6) is 5.75 Å². The molecule has 0 fully saturated rings. The topological polar surface area (TPSA) is 73.9 Å².